The summed E-state index contributed by atoms with van der Waals surface area (Å²) in [6, 6.07) is 6.25. The quantitative estimate of drug-likeness (QED) is 0.900. The van der Waals surface area contributed by atoms with Gasteiger partial charge in [0, 0.05) is 13.1 Å². The predicted octanol–water partition coefficient (Wildman–Crippen LogP) is 2.15. The van der Waals surface area contributed by atoms with Gasteiger partial charge in [-0.3, -0.25) is 4.57 Å². The minimum atomic E-state index is -0.313. The van der Waals surface area contributed by atoms with Crippen LogP contribution in [0.5, 0.6) is 0 Å². The summed E-state index contributed by atoms with van der Waals surface area (Å²) in [6.45, 7) is 0. The zero-order chi connectivity index (χ0) is 13.1. The molecule has 2 rings (SSSR count). The Bertz CT molecular complexity index is 588. The number of oxazole rings is 1. The molecule has 1 N–H and O–H groups in total. The Labute approximate surface area is 110 Å². The van der Waals surface area contributed by atoms with Crippen LogP contribution >= 0.6 is 11.8 Å². The minimum Gasteiger partial charge on any atom is -0.408 e. The summed E-state index contributed by atoms with van der Waals surface area (Å²) in [4.78, 5) is 11.4. The average Bonchev–Trinajstić information content (AvgIpc) is 2.66. The van der Waals surface area contributed by atoms with Gasteiger partial charge in [-0.1, -0.05) is 6.07 Å². The predicted molar refractivity (Wildman–Crippen MR) is 76.3 cm³/mol. The van der Waals surface area contributed by atoms with Crippen molar-refractivity contribution < 1.29 is 4.42 Å². The Morgan fingerprint density at radius 2 is 2.28 bits per heavy atom. The highest BCUT2D eigenvalue weighted by molar-refractivity contribution is 7.98. The molecule has 1 aromatic heterocycles. The maximum atomic E-state index is 11.4. The number of fused-ring (bicyclic) bond motifs is 1. The van der Waals surface area contributed by atoms with Gasteiger partial charge in [0.2, 0.25) is 0 Å². The van der Waals surface area contributed by atoms with Crippen molar-refractivity contribution in [3.8, 4) is 0 Å². The first-order valence-electron chi connectivity index (χ1n) is 5.93. The Hall–Kier alpha value is -1.20. The number of hydrogen-bond acceptors (Lipinski definition) is 4. The van der Waals surface area contributed by atoms with Gasteiger partial charge >= 0.3 is 5.76 Å². The molecule has 0 amide bonds. The van der Waals surface area contributed by atoms with Gasteiger partial charge in [0.15, 0.2) is 5.58 Å². The first kappa shape index (κ1) is 13.2. The highest BCUT2D eigenvalue weighted by Gasteiger charge is 2.12. The van der Waals surface area contributed by atoms with E-state index in [4.69, 9.17) is 4.42 Å². The van der Waals surface area contributed by atoms with Crippen LogP contribution < -0.4 is 11.1 Å². The van der Waals surface area contributed by atoms with E-state index in [1.807, 2.05) is 30.9 Å². The number of aryl methyl sites for hydroxylation is 1. The zero-order valence-electron chi connectivity index (χ0n) is 10.9. The lowest BCUT2D eigenvalue weighted by atomic mass is 10.0. The van der Waals surface area contributed by atoms with E-state index < -0.39 is 0 Å². The van der Waals surface area contributed by atoms with Crippen molar-refractivity contribution in [1.29, 1.82) is 0 Å². The van der Waals surface area contributed by atoms with Crippen molar-refractivity contribution in [2.24, 2.45) is 7.05 Å². The number of nitrogens with one attached hydrogen (secondary N) is 1. The fourth-order valence-electron chi connectivity index (χ4n) is 2.08. The van der Waals surface area contributed by atoms with Crippen LogP contribution in [0, 0.1) is 0 Å². The van der Waals surface area contributed by atoms with Crippen LogP contribution in [-0.2, 0) is 7.05 Å². The van der Waals surface area contributed by atoms with E-state index in [0.717, 1.165) is 23.3 Å². The lowest BCUT2D eigenvalue weighted by molar-refractivity contribution is 0.526. The van der Waals surface area contributed by atoms with Crippen LogP contribution in [0.4, 0.5) is 0 Å². The molecule has 0 fully saturated rings. The minimum absolute atomic E-state index is 0.298. The number of hydrogen-bond donors (Lipinski definition) is 1. The van der Waals surface area contributed by atoms with E-state index in [-0.39, 0.29) is 5.76 Å². The second-order valence-corrected chi connectivity index (χ2v) is 5.26. The molecule has 2 aromatic rings. The molecule has 1 heterocycles. The molecule has 0 spiro atoms. The van der Waals surface area contributed by atoms with Crippen LogP contribution in [0.1, 0.15) is 18.0 Å². The van der Waals surface area contributed by atoms with Crippen LogP contribution in [0.2, 0.25) is 0 Å². The fraction of sp³-hybridized carbons (Fsp3) is 0.462. The fourth-order valence-corrected chi connectivity index (χ4v) is 2.55. The first-order valence-corrected chi connectivity index (χ1v) is 7.32. The van der Waals surface area contributed by atoms with Crippen molar-refractivity contribution in [1.82, 2.24) is 9.88 Å². The van der Waals surface area contributed by atoms with Gasteiger partial charge in [-0.05, 0) is 43.2 Å². The third-order valence-electron chi connectivity index (χ3n) is 3.18. The molecule has 0 saturated heterocycles. The van der Waals surface area contributed by atoms with Gasteiger partial charge < -0.3 is 9.73 Å². The molecule has 0 aliphatic heterocycles. The zero-order valence-corrected chi connectivity index (χ0v) is 11.7. The number of rotatable bonds is 5. The normalized spacial score (nSPS) is 13.1. The number of nitrogens with zero attached hydrogens (tertiary/aromatic N) is 1. The molecule has 5 heteroatoms. The summed E-state index contributed by atoms with van der Waals surface area (Å²) in [6.07, 6.45) is 3.16. The third kappa shape index (κ3) is 2.47. The van der Waals surface area contributed by atoms with E-state index in [1.165, 1.54) is 4.57 Å². The van der Waals surface area contributed by atoms with Crippen LogP contribution in [0.25, 0.3) is 11.1 Å². The van der Waals surface area contributed by atoms with Crippen molar-refractivity contribution in [3.63, 3.8) is 0 Å². The third-order valence-corrected chi connectivity index (χ3v) is 3.82. The van der Waals surface area contributed by atoms with Crippen LogP contribution in [0.15, 0.2) is 27.4 Å². The first-order chi connectivity index (χ1) is 8.67. The van der Waals surface area contributed by atoms with E-state index >= 15 is 0 Å². The van der Waals surface area contributed by atoms with Gasteiger partial charge in [0.25, 0.3) is 0 Å². The second-order valence-electron chi connectivity index (χ2n) is 4.28. The number of aromatic nitrogens is 1. The van der Waals surface area contributed by atoms with Crippen molar-refractivity contribution in [3.05, 3.63) is 34.3 Å². The summed E-state index contributed by atoms with van der Waals surface area (Å²) in [5, 5.41) is 3.30. The second kappa shape index (κ2) is 5.63. The van der Waals surface area contributed by atoms with Gasteiger partial charge in [-0.25, -0.2) is 4.79 Å². The summed E-state index contributed by atoms with van der Waals surface area (Å²) in [5.74, 6) is 0.787. The number of benzene rings is 1. The summed E-state index contributed by atoms with van der Waals surface area (Å²) >= 11 is 1.83. The molecule has 18 heavy (non-hydrogen) atoms. The molecule has 0 bridgehead atoms. The topological polar surface area (TPSA) is 47.2 Å². The molecule has 98 valence electrons. The summed E-state index contributed by atoms with van der Waals surface area (Å²) < 4.78 is 6.74. The van der Waals surface area contributed by atoms with Gasteiger partial charge in [0.1, 0.15) is 0 Å². The maximum Gasteiger partial charge on any atom is 0.419 e. The molecular formula is C13H18N2O2S. The lowest BCUT2D eigenvalue weighted by Crippen LogP contribution is -2.17. The smallest absolute Gasteiger partial charge is 0.408 e. The molecule has 1 aromatic carbocycles. The Kier molecular flexibility index (Phi) is 4.14. The average molecular weight is 266 g/mol. The summed E-state index contributed by atoms with van der Waals surface area (Å²) in [7, 11) is 3.67. The molecule has 4 nitrogen and oxygen atoms in total. The Morgan fingerprint density at radius 3 is 2.94 bits per heavy atom. The van der Waals surface area contributed by atoms with E-state index in [9.17, 15) is 4.79 Å². The van der Waals surface area contributed by atoms with Crippen LogP contribution in [-0.4, -0.2) is 23.6 Å². The molecule has 0 aliphatic carbocycles. The Morgan fingerprint density at radius 1 is 1.50 bits per heavy atom. The highest BCUT2D eigenvalue weighted by Crippen LogP contribution is 2.22. The van der Waals surface area contributed by atoms with Crippen molar-refractivity contribution in [2.75, 3.05) is 19.1 Å². The molecular weight excluding hydrogens is 248 g/mol. The monoisotopic (exact) mass is 266 g/mol. The number of thioether (sulfide) groups is 1. The van der Waals surface area contributed by atoms with E-state index in [1.54, 1.807) is 7.05 Å². The van der Waals surface area contributed by atoms with E-state index in [0.29, 0.717) is 11.6 Å². The molecule has 1 unspecified atom stereocenters. The van der Waals surface area contributed by atoms with Crippen molar-refractivity contribution >= 4 is 22.9 Å². The molecule has 0 saturated carbocycles. The lowest BCUT2D eigenvalue weighted by Gasteiger charge is -2.15. The van der Waals surface area contributed by atoms with Crippen molar-refractivity contribution in [2.45, 2.75) is 12.5 Å². The standard InChI is InChI=1S/C13H18N2O2S/c1-14-10(6-7-18-3)9-4-5-11-12(8-9)17-13(16)15(11)2/h4-5,8,10,14H,6-7H2,1-3H3. The summed E-state index contributed by atoms with van der Waals surface area (Å²) in [5.41, 5.74) is 2.65. The molecule has 1 atom stereocenters. The largest absolute Gasteiger partial charge is 0.419 e. The van der Waals surface area contributed by atoms with E-state index in [2.05, 4.69) is 17.6 Å². The Balaban J connectivity index is 2.36. The van der Waals surface area contributed by atoms with Gasteiger partial charge in [-0.15, -0.1) is 0 Å². The van der Waals surface area contributed by atoms with Gasteiger partial charge in [0.05, 0.1) is 5.52 Å². The highest BCUT2D eigenvalue weighted by atomic mass is 32.2. The molecule has 0 radical (unpaired) electrons. The van der Waals surface area contributed by atoms with Gasteiger partial charge in [-0.2, -0.15) is 11.8 Å². The maximum absolute atomic E-state index is 11.4. The van der Waals surface area contributed by atoms with Crippen LogP contribution in [0.3, 0.4) is 0 Å². The SMILES string of the molecule is CNC(CCSC)c1ccc2c(c1)oc(=O)n2C. The molecule has 0 aliphatic rings.